The SMILES string of the molecule is CCN1N=CC2(C(=O)c3cc(C)c4c(c3C)CC(C)[S+]4[O-])OC12O. The fraction of sp³-hybridized carbons (Fsp3) is 0.529. The Balaban J connectivity index is 1.78. The maximum Gasteiger partial charge on any atom is 0.310 e. The largest absolute Gasteiger partial charge is 0.611 e. The van der Waals surface area contributed by atoms with Gasteiger partial charge in [-0.25, -0.2) is 5.01 Å². The number of hydrogen-bond donors (Lipinski definition) is 1. The van der Waals surface area contributed by atoms with Gasteiger partial charge in [0.25, 0.3) is 0 Å². The summed E-state index contributed by atoms with van der Waals surface area (Å²) >= 11 is -1.03. The monoisotopic (exact) mass is 348 g/mol. The Morgan fingerprint density at radius 2 is 2.29 bits per heavy atom. The van der Waals surface area contributed by atoms with E-state index in [-0.39, 0.29) is 11.0 Å². The Bertz CT molecular complexity index is 795. The molecule has 128 valence electrons. The predicted molar refractivity (Wildman–Crippen MR) is 89.5 cm³/mol. The number of ether oxygens (including phenoxy) is 1. The minimum atomic E-state index is -1.67. The molecule has 0 bridgehead atoms. The molecular formula is C17H20N2O4S. The zero-order valence-corrected chi connectivity index (χ0v) is 14.9. The molecule has 0 spiro atoms. The smallest absolute Gasteiger partial charge is 0.310 e. The minimum absolute atomic E-state index is 0.0543. The van der Waals surface area contributed by atoms with Crippen LogP contribution in [0.2, 0.25) is 0 Å². The fourth-order valence-corrected chi connectivity index (χ4v) is 5.40. The van der Waals surface area contributed by atoms with E-state index in [1.807, 2.05) is 27.7 Å². The molecule has 1 aromatic rings. The van der Waals surface area contributed by atoms with Gasteiger partial charge in [0.2, 0.25) is 11.4 Å². The highest BCUT2D eigenvalue weighted by molar-refractivity contribution is 7.92. The summed E-state index contributed by atoms with van der Waals surface area (Å²) in [7, 11) is 0. The van der Waals surface area contributed by atoms with Crippen LogP contribution >= 0.6 is 0 Å². The molecule has 0 saturated carbocycles. The summed E-state index contributed by atoms with van der Waals surface area (Å²) in [6, 6.07) is 1.77. The number of aryl methyl sites for hydroxylation is 1. The first-order valence-electron chi connectivity index (χ1n) is 8.10. The van der Waals surface area contributed by atoms with Crippen LogP contribution in [-0.4, -0.2) is 50.0 Å². The van der Waals surface area contributed by atoms with Crippen molar-refractivity contribution >= 4 is 23.2 Å². The number of carbonyl (C=O) groups is 1. The number of epoxide rings is 1. The Kier molecular flexibility index (Phi) is 3.23. The first-order chi connectivity index (χ1) is 11.3. The standard InChI is InChI=1S/C17H20N2O4S/c1-5-19-17(21)16(23-17,8-18-19)15(20)13-6-9(2)14-12(11(13)4)7-10(3)24(14)22/h6,8,10,21H,5,7H2,1-4H3. The number of Topliss-reactive ketones (excluding diaryl/α,β-unsaturated/α-hetero) is 1. The summed E-state index contributed by atoms with van der Waals surface area (Å²) in [6.07, 6.45) is 2.09. The molecule has 1 fully saturated rings. The first kappa shape index (κ1) is 16.1. The Morgan fingerprint density at radius 1 is 1.58 bits per heavy atom. The van der Waals surface area contributed by atoms with E-state index in [0.29, 0.717) is 18.5 Å². The molecule has 0 radical (unpaired) electrons. The van der Waals surface area contributed by atoms with E-state index in [2.05, 4.69) is 5.10 Å². The first-order valence-corrected chi connectivity index (χ1v) is 9.32. The molecule has 7 heteroatoms. The number of nitrogens with zero attached hydrogens (tertiary/aromatic N) is 2. The number of hydrazone groups is 1. The summed E-state index contributed by atoms with van der Waals surface area (Å²) in [5, 5.41) is 16.1. The summed E-state index contributed by atoms with van der Waals surface area (Å²) < 4.78 is 17.9. The van der Waals surface area contributed by atoms with Crippen LogP contribution in [0.4, 0.5) is 0 Å². The quantitative estimate of drug-likeness (QED) is 0.505. The van der Waals surface area contributed by atoms with Crippen LogP contribution in [0, 0.1) is 13.8 Å². The van der Waals surface area contributed by atoms with Gasteiger partial charge in [-0.05, 0) is 50.5 Å². The van der Waals surface area contributed by atoms with Gasteiger partial charge in [-0.1, -0.05) is 0 Å². The van der Waals surface area contributed by atoms with Crippen molar-refractivity contribution in [3.05, 3.63) is 28.3 Å². The third-order valence-electron chi connectivity index (χ3n) is 5.26. The van der Waals surface area contributed by atoms with Gasteiger partial charge >= 0.3 is 5.91 Å². The third kappa shape index (κ3) is 1.73. The molecule has 24 heavy (non-hydrogen) atoms. The highest BCUT2D eigenvalue weighted by Crippen LogP contribution is 2.53. The zero-order chi connectivity index (χ0) is 17.4. The van der Waals surface area contributed by atoms with Crippen LogP contribution in [0.25, 0.3) is 0 Å². The Hall–Kier alpha value is -1.41. The van der Waals surface area contributed by atoms with Crippen LogP contribution in [0.15, 0.2) is 16.1 Å². The second-order valence-electron chi connectivity index (χ2n) is 6.72. The Morgan fingerprint density at radius 3 is 2.88 bits per heavy atom. The molecule has 3 heterocycles. The summed E-state index contributed by atoms with van der Waals surface area (Å²) in [4.78, 5) is 14.0. The molecule has 3 aliphatic heterocycles. The second-order valence-corrected chi connectivity index (χ2v) is 8.53. The lowest BCUT2D eigenvalue weighted by Gasteiger charge is -2.17. The van der Waals surface area contributed by atoms with E-state index in [1.54, 1.807) is 6.07 Å². The molecule has 4 rings (SSSR count). The molecule has 1 saturated heterocycles. The van der Waals surface area contributed by atoms with Crippen LogP contribution in [0.3, 0.4) is 0 Å². The molecule has 0 aromatic heterocycles. The molecule has 0 aliphatic carbocycles. The van der Waals surface area contributed by atoms with Gasteiger partial charge in [0.1, 0.15) is 5.25 Å². The number of carbonyl (C=O) groups excluding carboxylic acids is 1. The van der Waals surface area contributed by atoms with Gasteiger partial charge < -0.3 is 9.66 Å². The van der Waals surface area contributed by atoms with Crippen molar-refractivity contribution in [1.82, 2.24) is 5.01 Å². The number of rotatable bonds is 3. The van der Waals surface area contributed by atoms with Crippen molar-refractivity contribution in [3.63, 3.8) is 0 Å². The molecule has 0 amide bonds. The summed E-state index contributed by atoms with van der Waals surface area (Å²) in [6.45, 7) is 7.99. The molecule has 1 aromatic carbocycles. The highest BCUT2D eigenvalue weighted by atomic mass is 32.2. The topological polar surface area (TPSA) is 88.5 Å². The summed E-state index contributed by atoms with van der Waals surface area (Å²) in [5.74, 6) is -1.97. The van der Waals surface area contributed by atoms with Gasteiger partial charge in [0.05, 0.1) is 6.21 Å². The molecule has 4 atom stereocenters. The van der Waals surface area contributed by atoms with Crippen molar-refractivity contribution in [2.45, 2.75) is 55.8 Å². The van der Waals surface area contributed by atoms with E-state index < -0.39 is 22.7 Å². The van der Waals surface area contributed by atoms with Crippen molar-refractivity contribution in [1.29, 1.82) is 0 Å². The van der Waals surface area contributed by atoms with Crippen LogP contribution in [-0.2, 0) is 22.3 Å². The van der Waals surface area contributed by atoms with Gasteiger partial charge in [-0.3, -0.25) is 9.53 Å². The van der Waals surface area contributed by atoms with Gasteiger partial charge in [-0.15, -0.1) is 0 Å². The summed E-state index contributed by atoms with van der Waals surface area (Å²) in [5.41, 5.74) is 1.76. The van der Waals surface area contributed by atoms with Crippen molar-refractivity contribution in [2.24, 2.45) is 5.10 Å². The average Bonchev–Trinajstić information content (AvgIpc) is 2.89. The third-order valence-corrected chi connectivity index (χ3v) is 7.13. The average molecular weight is 348 g/mol. The number of likely N-dealkylation sites (N-methyl/N-ethyl adjacent to an activating group) is 1. The maximum absolute atomic E-state index is 13.1. The lowest BCUT2D eigenvalue weighted by atomic mass is 9.89. The minimum Gasteiger partial charge on any atom is -0.611 e. The molecule has 6 nitrogen and oxygen atoms in total. The zero-order valence-electron chi connectivity index (χ0n) is 14.1. The number of fused-ring (bicyclic) bond motifs is 2. The molecule has 1 N–H and O–H groups in total. The normalized spacial score (nSPS) is 36.0. The molecule has 3 aliphatic rings. The van der Waals surface area contributed by atoms with Crippen LogP contribution < -0.4 is 0 Å². The maximum atomic E-state index is 13.1. The van der Waals surface area contributed by atoms with Gasteiger partial charge in [0.15, 0.2) is 4.90 Å². The second kappa shape index (κ2) is 4.82. The number of hydrogen-bond acceptors (Lipinski definition) is 6. The Labute approximate surface area is 143 Å². The van der Waals surface area contributed by atoms with Gasteiger partial charge in [0, 0.05) is 29.7 Å². The predicted octanol–water partition coefficient (Wildman–Crippen LogP) is 1.27. The van der Waals surface area contributed by atoms with Gasteiger partial charge in [-0.2, -0.15) is 5.10 Å². The van der Waals surface area contributed by atoms with Crippen LogP contribution in [0.5, 0.6) is 0 Å². The van der Waals surface area contributed by atoms with Crippen molar-refractivity contribution in [2.75, 3.05) is 6.54 Å². The fourth-order valence-electron chi connectivity index (χ4n) is 3.82. The van der Waals surface area contributed by atoms with Crippen molar-refractivity contribution in [3.8, 4) is 0 Å². The van der Waals surface area contributed by atoms with E-state index in [4.69, 9.17) is 4.74 Å². The lowest BCUT2D eigenvalue weighted by molar-refractivity contribution is -0.0972. The number of benzene rings is 1. The number of ketones is 1. The highest BCUT2D eigenvalue weighted by Gasteiger charge is 2.80. The van der Waals surface area contributed by atoms with E-state index in [1.165, 1.54) is 11.2 Å². The lowest BCUT2D eigenvalue weighted by Crippen LogP contribution is -2.40. The van der Waals surface area contributed by atoms with Crippen molar-refractivity contribution < 1.29 is 19.2 Å². The van der Waals surface area contributed by atoms with E-state index >= 15 is 0 Å². The number of aliphatic hydroxyl groups is 1. The molecule has 4 unspecified atom stereocenters. The van der Waals surface area contributed by atoms with E-state index in [9.17, 15) is 14.5 Å². The molecular weight excluding hydrogens is 328 g/mol. The van der Waals surface area contributed by atoms with Crippen LogP contribution in [0.1, 0.15) is 40.9 Å². The van der Waals surface area contributed by atoms with E-state index in [0.717, 1.165) is 21.6 Å².